The van der Waals surface area contributed by atoms with Crippen LogP contribution in [-0.4, -0.2) is 21.8 Å². The summed E-state index contributed by atoms with van der Waals surface area (Å²) in [6.07, 6.45) is 4.52. The molecule has 2 N–H and O–H groups in total. The molecule has 0 fully saturated rings. The average Bonchev–Trinajstić information content (AvgIpc) is 2.67. The maximum absolute atomic E-state index is 12.4. The lowest BCUT2D eigenvalue weighted by Gasteiger charge is -2.08. The highest BCUT2D eigenvalue weighted by Gasteiger charge is 2.12. The molecule has 3 rings (SSSR count). The van der Waals surface area contributed by atoms with E-state index in [1.165, 1.54) is 18.5 Å². The van der Waals surface area contributed by atoms with Gasteiger partial charge in [-0.15, -0.1) is 0 Å². The summed E-state index contributed by atoms with van der Waals surface area (Å²) in [7, 11) is 0. The lowest BCUT2D eigenvalue weighted by atomic mass is 10.1. The molecule has 0 bridgehead atoms. The van der Waals surface area contributed by atoms with E-state index in [0.29, 0.717) is 23.4 Å². The second-order valence-electron chi connectivity index (χ2n) is 5.79. The van der Waals surface area contributed by atoms with Gasteiger partial charge in [0.25, 0.3) is 11.8 Å². The van der Waals surface area contributed by atoms with Crippen molar-refractivity contribution < 1.29 is 9.59 Å². The topological polar surface area (TPSA) is 84.0 Å². The van der Waals surface area contributed by atoms with E-state index < -0.39 is 0 Å². The van der Waals surface area contributed by atoms with Crippen molar-refractivity contribution in [2.75, 3.05) is 5.32 Å². The van der Waals surface area contributed by atoms with Crippen LogP contribution in [0.4, 0.5) is 5.69 Å². The number of nitrogens with zero attached hydrogens (tertiary/aromatic N) is 2. The number of carbonyl (C=O) groups excluding carboxylic acids is 2. The lowest BCUT2D eigenvalue weighted by molar-refractivity contribution is 0.0950. The first-order valence-corrected chi connectivity index (χ1v) is 8.13. The molecule has 6 nitrogen and oxygen atoms in total. The molecule has 0 saturated heterocycles. The van der Waals surface area contributed by atoms with Crippen molar-refractivity contribution in [3.05, 3.63) is 89.5 Å². The Hall–Kier alpha value is -3.54. The first-order chi connectivity index (χ1) is 12.6. The van der Waals surface area contributed by atoms with Gasteiger partial charge in [0.2, 0.25) is 0 Å². The van der Waals surface area contributed by atoms with Crippen molar-refractivity contribution in [2.24, 2.45) is 0 Å². The minimum absolute atomic E-state index is 0.305. The first kappa shape index (κ1) is 17.3. The third-order valence-electron chi connectivity index (χ3n) is 3.69. The normalized spacial score (nSPS) is 10.2. The molecular formula is C20H18N4O2. The quantitative estimate of drug-likeness (QED) is 0.744. The highest BCUT2D eigenvalue weighted by molar-refractivity contribution is 6.05. The predicted octanol–water partition coefficient (Wildman–Crippen LogP) is 2.97. The smallest absolute Gasteiger partial charge is 0.257 e. The molecule has 0 spiro atoms. The van der Waals surface area contributed by atoms with Crippen LogP contribution in [0.5, 0.6) is 0 Å². The van der Waals surface area contributed by atoms with Gasteiger partial charge < -0.3 is 10.6 Å². The maximum atomic E-state index is 12.4. The summed E-state index contributed by atoms with van der Waals surface area (Å²) in [5.74, 6) is -0.629. The zero-order valence-electron chi connectivity index (χ0n) is 14.3. The first-order valence-electron chi connectivity index (χ1n) is 8.13. The van der Waals surface area contributed by atoms with Crippen molar-refractivity contribution in [2.45, 2.75) is 13.5 Å². The van der Waals surface area contributed by atoms with Gasteiger partial charge in [-0.05, 0) is 42.8 Å². The standard InChI is InChI=1S/C20H18N4O2/c1-14-5-4-7-17(9-14)24-20(26)16-10-15(11-21-12-16)19(25)23-13-18-6-2-3-8-22-18/h2-12H,13H2,1H3,(H,23,25)(H,24,26). The molecule has 0 unspecified atom stereocenters. The van der Waals surface area contributed by atoms with Crippen molar-refractivity contribution >= 4 is 17.5 Å². The molecule has 6 heteroatoms. The summed E-state index contributed by atoms with van der Waals surface area (Å²) in [5.41, 5.74) is 3.13. The monoisotopic (exact) mass is 346 g/mol. The number of rotatable bonds is 5. The highest BCUT2D eigenvalue weighted by atomic mass is 16.2. The van der Waals surface area contributed by atoms with Gasteiger partial charge >= 0.3 is 0 Å². The van der Waals surface area contributed by atoms with Gasteiger partial charge in [0, 0.05) is 24.3 Å². The highest BCUT2D eigenvalue weighted by Crippen LogP contribution is 2.12. The van der Waals surface area contributed by atoms with E-state index in [0.717, 1.165) is 11.3 Å². The average molecular weight is 346 g/mol. The zero-order valence-corrected chi connectivity index (χ0v) is 14.3. The molecule has 0 aliphatic heterocycles. The van der Waals surface area contributed by atoms with Crippen molar-refractivity contribution in [1.82, 2.24) is 15.3 Å². The summed E-state index contributed by atoms with van der Waals surface area (Å²) >= 11 is 0. The van der Waals surface area contributed by atoms with E-state index >= 15 is 0 Å². The molecule has 0 radical (unpaired) electrons. The maximum Gasteiger partial charge on any atom is 0.257 e. The molecule has 0 aliphatic carbocycles. The van der Waals surface area contributed by atoms with Gasteiger partial charge in [-0.1, -0.05) is 18.2 Å². The van der Waals surface area contributed by atoms with E-state index in [1.807, 2.05) is 49.4 Å². The SMILES string of the molecule is Cc1cccc(NC(=O)c2cncc(C(=O)NCc3ccccn3)c2)c1. The van der Waals surface area contributed by atoms with E-state index in [4.69, 9.17) is 0 Å². The fourth-order valence-electron chi connectivity index (χ4n) is 2.39. The number of aromatic nitrogens is 2. The zero-order chi connectivity index (χ0) is 18.4. The molecule has 0 aliphatic rings. The van der Waals surface area contributed by atoms with Gasteiger partial charge in [0.05, 0.1) is 23.4 Å². The Morgan fingerprint density at radius 1 is 0.962 bits per heavy atom. The molecule has 3 aromatic rings. The van der Waals surface area contributed by atoms with Crippen LogP contribution in [0.15, 0.2) is 67.1 Å². The predicted molar refractivity (Wildman–Crippen MR) is 98.8 cm³/mol. The van der Waals surface area contributed by atoms with Crippen LogP contribution in [0.2, 0.25) is 0 Å². The van der Waals surface area contributed by atoms with Crippen LogP contribution >= 0.6 is 0 Å². The van der Waals surface area contributed by atoms with Gasteiger partial charge in [-0.3, -0.25) is 19.6 Å². The number of anilines is 1. The molecule has 2 amide bonds. The Morgan fingerprint density at radius 3 is 2.50 bits per heavy atom. The van der Waals surface area contributed by atoms with Gasteiger partial charge in [0.1, 0.15) is 0 Å². The lowest BCUT2D eigenvalue weighted by Crippen LogP contribution is -2.24. The molecule has 0 saturated carbocycles. The van der Waals surface area contributed by atoms with Crippen LogP contribution in [0.25, 0.3) is 0 Å². The van der Waals surface area contributed by atoms with E-state index in [9.17, 15) is 9.59 Å². The van der Waals surface area contributed by atoms with Crippen molar-refractivity contribution in [3.8, 4) is 0 Å². The molecule has 2 aromatic heterocycles. The summed E-state index contributed by atoms with van der Waals surface area (Å²) in [6.45, 7) is 2.25. The Kier molecular flexibility index (Phi) is 5.34. The number of nitrogens with one attached hydrogen (secondary N) is 2. The fraction of sp³-hybridized carbons (Fsp3) is 0.100. The van der Waals surface area contributed by atoms with Crippen LogP contribution in [0, 0.1) is 6.92 Å². The van der Waals surface area contributed by atoms with Gasteiger partial charge in [-0.25, -0.2) is 0 Å². The van der Waals surface area contributed by atoms with Crippen molar-refractivity contribution in [1.29, 1.82) is 0 Å². The number of amides is 2. The minimum Gasteiger partial charge on any atom is -0.346 e. The number of carbonyl (C=O) groups is 2. The Balaban J connectivity index is 1.67. The number of aryl methyl sites for hydroxylation is 1. The number of hydrogen-bond acceptors (Lipinski definition) is 4. The summed E-state index contributed by atoms with van der Waals surface area (Å²) < 4.78 is 0. The molecule has 130 valence electrons. The fourth-order valence-corrected chi connectivity index (χ4v) is 2.39. The number of hydrogen-bond donors (Lipinski definition) is 2. The van der Waals surface area contributed by atoms with E-state index in [2.05, 4.69) is 20.6 Å². The molecular weight excluding hydrogens is 328 g/mol. The van der Waals surface area contributed by atoms with Crippen LogP contribution in [-0.2, 0) is 6.54 Å². The van der Waals surface area contributed by atoms with E-state index in [-0.39, 0.29) is 11.8 Å². The second-order valence-corrected chi connectivity index (χ2v) is 5.79. The molecule has 2 heterocycles. The van der Waals surface area contributed by atoms with E-state index in [1.54, 1.807) is 6.20 Å². The Bertz CT molecular complexity index is 926. The second kappa shape index (κ2) is 8.02. The summed E-state index contributed by atoms with van der Waals surface area (Å²) in [4.78, 5) is 32.8. The summed E-state index contributed by atoms with van der Waals surface area (Å²) in [6, 6.07) is 14.5. The largest absolute Gasteiger partial charge is 0.346 e. The van der Waals surface area contributed by atoms with Gasteiger partial charge in [-0.2, -0.15) is 0 Å². The van der Waals surface area contributed by atoms with Crippen LogP contribution in [0.1, 0.15) is 32.0 Å². The third-order valence-corrected chi connectivity index (χ3v) is 3.69. The third kappa shape index (κ3) is 4.51. The van der Waals surface area contributed by atoms with Gasteiger partial charge in [0.15, 0.2) is 0 Å². The van der Waals surface area contributed by atoms with Crippen LogP contribution < -0.4 is 10.6 Å². The van der Waals surface area contributed by atoms with Crippen LogP contribution in [0.3, 0.4) is 0 Å². The molecule has 0 atom stereocenters. The Labute approximate surface area is 151 Å². The molecule has 1 aromatic carbocycles. The number of benzene rings is 1. The van der Waals surface area contributed by atoms with Crippen molar-refractivity contribution in [3.63, 3.8) is 0 Å². The number of pyridine rings is 2. The molecule has 26 heavy (non-hydrogen) atoms. The summed E-state index contributed by atoms with van der Waals surface area (Å²) in [5, 5.41) is 5.57. The Morgan fingerprint density at radius 2 is 1.77 bits per heavy atom. The minimum atomic E-state index is -0.317.